The van der Waals surface area contributed by atoms with Crippen LogP contribution in [0.3, 0.4) is 0 Å². The van der Waals surface area contributed by atoms with Crippen molar-refractivity contribution in [2.75, 3.05) is 0 Å². The summed E-state index contributed by atoms with van der Waals surface area (Å²) in [6, 6.07) is 1.06. The zero-order valence-corrected chi connectivity index (χ0v) is 8.49. The fourth-order valence-electron chi connectivity index (χ4n) is 0.681. The molecule has 1 N–H and O–H groups in total. The molecule has 0 radical (unpaired) electrons. The highest BCUT2D eigenvalue weighted by atomic mass is 127. The maximum Gasteiger partial charge on any atom is 0.279 e. The minimum Gasteiger partial charge on any atom is -0.344 e. The van der Waals surface area contributed by atoms with Crippen molar-refractivity contribution in [3.8, 4) is 0 Å². The van der Waals surface area contributed by atoms with Crippen molar-refractivity contribution in [2.24, 2.45) is 0 Å². The van der Waals surface area contributed by atoms with Crippen molar-refractivity contribution >= 4 is 34.2 Å². The van der Waals surface area contributed by atoms with Crippen molar-refractivity contribution in [1.82, 2.24) is 4.98 Å². The summed E-state index contributed by atoms with van der Waals surface area (Å²) >= 11 is 6.93. The van der Waals surface area contributed by atoms with Gasteiger partial charge in [0.05, 0.1) is 3.57 Å². The summed E-state index contributed by atoms with van der Waals surface area (Å²) in [5, 5.41) is -0.0734. The van der Waals surface area contributed by atoms with E-state index >= 15 is 0 Å². The number of aromatic amines is 1. The molecule has 1 rings (SSSR count). The van der Waals surface area contributed by atoms with E-state index in [1.807, 2.05) is 0 Å². The van der Waals surface area contributed by atoms with Gasteiger partial charge in [-0.25, -0.2) is 8.78 Å². The normalized spacial score (nSPS) is 10.8. The molecule has 1 aromatic rings. The van der Waals surface area contributed by atoms with Gasteiger partial charge in [-0.15, -0.1) is 0 Å². The van der Waals surface area contributed by atoms with Gasteiger partial charge in [0.2, 0.25) is 0 Å². The van der Waals surface area contributed by atoms with E-state index in [9.17, 15) is 13.6 Å². The Kier molecular flexibility index (Phi) is 3.05. The average molecular weight is 305 g/mol. The molecule has 0 spiro atoms. The van der Waals surface area contributed by atoms with Gasteiger partial charge in [-0.2, -0.15) is 0 Å². The summed E-state index contributed by atoms with van der Waals surface area (Å²) in [6.07, 6.45) is -2.71. The largest absolute Gasteiger partial charge is 0.344 e. The first-order valence-electron chi connectivity index (χ1n) is 2.88. The minimum atomic E-state index is -2.71. The van der Waals surface area contributed by atoms with E-state index in [2.05, 4.69) is 4.98 Å². The standard InChI is InChI=1S/C6H3ClF2INO/c7-3-1-2(12)4(10)5(11-3)6(8)9/h1,6H,(H,11,12). The first-order chi connectivity index (χ1) is 5.52. The van der Waals surface area contributed by atoms with Crippen molar-refractivity contribution in [2.45, 2.75) is 6.43 Å². The molecule has 0 bridgehead atoms. The fraction of sp³-hybridized carbons (Fsp3) is 0.167. The lowest BCUT2D eigenvalue weighted by atomic mass is 10.3. The monoisotopic (exact) mass is 305 g/mol. The fourth-order valence-corrected chi connectivity index (χ4v) is 1.41. The van der Waals surface area contributed by atoms with Crippen LogP contribution in [0.25, 0.3) is 0 Å². The SMILES string of the molecule is O=c1cc(Cl)[nH]c(C(F)F)c1I. The smallest absolute Gasteiger partial charge is 0.279 e. The summed E-state index contributed by atoms with van der Waals surface area (Å²) in [5.74, 6) is 0. The van der Waals surface area contributed by atoms with Crippen LogP contribution in [0.15, 0.2) is 10.9 Å². The molecular weight excluding hydrogens is 302 g/mol. The topological polar surface area (TPSA) is 32.9 Å². The van der Waals surface area contributed by atoms with E-state index in [0.29, 0.717) is 0 Å². The molecule has 6 heteroatoms. The number of rotatable bonds is 1. The number of hydrogen-bond donors (Lipinski definition) is 1. The highest BCUT2D eigenvalue weighted by molar-refractivity contribution is 14.1. The molecule has 12 heavy (non-hydrogen) atoms. The molecule has 0 unspecified atom stereocenters. The Morgan fingerprint density at radius 1 is 1.58 bits per heavy atom. The van der Waals surface area contributed by atoms with Crippen LogP contribution in [0.4, 0.5) is 8.78 Å². The van der Waals surface area contributed by atoms with E-state index in [4.69, 9.17) is 11.6 Å². The van der Waals surface area contributed by atoms with E-state index in [-0.39, 0.29) is 8.72 Å². The van der Waals surface area contributed by atoms with Gasteiger partial charge >= 0.3 is 0 Å². The third-order valence-electron chi connectivity index (χ3n) is 1.18. The van der Waals surface area contributed by atoms with Crippen LogP contribution in [0.1, 0.15) is 12.1 Å². The summed E-state index contributed by atoms with van der Waals surface area (Å²) in [7, 11) is 0. The van der Waals surface area contributed by atoms with Crippen molar-refractivity contribution in [3.05, 3.63) is 30.7 Å². The highest BCUT2D eigenvalue weighted by Crippen LogP contribution is 2.21. The molecule has 0 saturated heterocycles. The number of pyridine rings is 1. The second-order valence-electron chi connectivity index (χ2n) is 2.01. The van der Waals surface area contributed by atoms with E-state index in [0.717, 1.165) is 6.07 Å². The van der Waals surface area contributed by atoms with Crippen LogP contribution in [0.2, 0.25) is 5.15 Å². The van der Waals surface area contributed by atoms with Crippen LogP contribution in [-0.4, -0.2) is 4.98 Å². The Balaban J connectivity index is 3.38. The quantitative estimate of drug-likeness (QED) is 0.628. The zero-order valence-electron chi connectivity index (χ0n) is 5.57. The molecule has 0 saturated carbocycles. The van der Waals surface area contributed by atoms with Crippen LogP contribution in [-0.2, 0) is 0 Å². The number of halogens is 4. The molecule has 1 heterocycles. The van der Waals surface area contributed by atoms with E-state index in [1.54, 1.807) is 22.6 Å². The molecule has 66 valence electrons. The lowest BCUT2D eigenvalue weighted by Gasteiger charge is -2.02. The number of nitrogens with one attached hydrogen (secondary N) is 1. The van der Waals surface area contributed by atoms with Gasteiger partial charge in [-0.3, -0.25) is 4.79 Å². The summed E-state index contributed by atoms with van der Waals surface area (Å²) in [6.45, 7) is 0. The first kappa shape index (κ1) is 9.91. The summed E-state index contributed by atoms with van der Waals surface area (Å²) < 4.78 is 24.3. The van der Waals surface area contributed by atoms with Crippen molar-refractivity contribution in [1.29, 1.82) is 0 Å². The second-order valence-corrected chi connectivity index (χ2v) is 3.50. The lowest BCUT2D eigenvalue weighted by molar-refractivity contribution is 0.145. The van der Waals surface area contributed by atoms with Gasteiger partial charge in [-0.1, -0.05) is 11.6 Å². The predicted octanol–water partition coefficient (Wildman–Crippen LogP) is 2.57. The minimum absolute atomic E-state index is 0.0213. The van der Waals surface area contributed by atoms with Gasteiger partial charge in [-0.05, 0) is 22.6 Å². The van der Waals surface area contributed by atoms with Gasteiger partial charge in [0.25, 0.3) is 6.43 Å². The molecule has 0 aliphatic rings. The van der Waals surface area contributed by atoms with Gasteiger partial charge in [0, 0.05) is 6.07 Å². The Hall–Kier alpha value is -0.170. The Morgan fingerprint density at radius 2 is 2.17 bits per heavy atom. The Morgan fingerprint density at radius 3 is 2.67 bits per heavy atom. The molecule has 0 atom stereocenters. The number of hydrogen-bond acceptors (Lipinski definition) is 1. The third kappa shape index (κ3) is 1.95. The molecule has 0 aliphatic heterocycles. The van der Waals surface area contributed by atoms with Crippen LogP contribution < -0.4 is 5.43 Å². The molecule has 1 aromatic heterocycles. The summed E-state index contributed by atoms with van der Waals surface area (Å²) in [4.78, 5) is 13.1. The van der Waals surface area contributed by atoms with Gasteiger partial charge in [0.15, 0.2) is 5.43 Å². The molecule has 0 amide bonds. The average Bonchev–Trinajstić information content (AvgIpc) is 1.96. The number of H-pyrrole nitrogens is 1. The van der Waals surface area contributed by atoms with Crippen LogP contribution in [0.5, 0.6) is 0 Å². The van der Waals surface area contributed by atoms with E-state index in [1.165, 1.54) is 0 Å². The van der Waals surface area contributed by atoms with Crippen molar-refractivity contribution in [3.63, 3.8) is 0 Å². The van der Waals surface area contributed by atoms with E-state index < -0.39 is 17.5 Å². The number of aromatic nitrogens is 1. The number of alkyl halides is 2. The molecular formula is C6H3ClF2INO. The van der Waals surface area contributed by atoms with Gasteiger partial charge < -0.3 is 4.98 Å². The second kappa shape index (κ2) is 3.69. The predicted molar refractivity (Wildman–Crippen MR) is 49.7 cm³/mol. The highest BCUT2D eigenvalue weighted by Gasteiger charge is 2.14. The maximum atomic E-state index is 12.2. The lowest BCUT2D eigenvalue weighted by Crippen LogP contribution is -2.10. The molecule has 2 nitrogen and oxygen atoms in total. The van der Waals surface area contributed by atoms with Crippen LogP contribution >= 0.6 is 34.2 Å². The van der Waals surface area contributed by atoms with Gasteiger partial charge in [0.1, 0.15) is 10.8 Å². The maximum absolute atomic E-state index is 12.2. The molecule has 0 aliphatic carbocycles. The van der Waals surface area contributed by atoms with Crippen LogP contribution in [0, 0.1) is 3.57 Å². The van der Waals surface area contributed by atoms with Crippen molar-refractivity contribution < 1.29 is 8.78 Å². The Labute approximate surface area is 85.1 Å². The first-order valence-corrected chi connectivity index (χ1v) is 4.34. The third-order valence-corrected chi connectivity index (χ3v) is 2.50. The Bertz CT molecular complexity index is 352. The molecule has 0 fully saturated rings. The summed E-state index contributed by atoms with van der Waals surface area (Å²) in [5.41, 5.74) is -0.914. The zero-order chi connectivity index (χ0) is 9.30. The molecule has 0 aromatic carbocycles.